The molecule has 1 aromatic heterocycles. The molecule has 6 aromatic rings. The molecule has 0 saturated carbocycles. The van der Waals surface area contributed by atoms with E-state index in [2.05, 4.69) is 228 Å². The summed E-state index contributed by atoms with van der Waals surface area (Å²) in [4.78, 5) is 14.2. The van der Waals surface area contributed by atoms with Crippen molar-refractivity contribution in [1.82, 2.24) is 0 Å². The molecule has 0 aliphatic heterocycles. The van der Waals surface area contributed by atoms with Gasteiger partial charge in [-0.25, -0.2) is 4.57 Å². The number of hydrogen-bond donors (Lipinski definition) is 0. The summed E-state index contributed by atoms with van der Waals surface area (Å²) in [5.41, 5.74) is 12.7. The molecule has 4 heteroatoms. The van der Waals surface area contributed by atoms with Gasteiger partial charge < -0.3 is 0 Å². The minimum Gasteiger partial charge on any atom is -0.293 e. The molecule has 0 saturated heterocycles. The third-order valence-electron chi connectivity index (χ3n) is 12.0. The average molecular weight is 1000 g/mol. The van der Waals surface area contributed by atoms with E-state index in [1.165, 1.54) is 16.7 Å². The van der Waals surface area contributed by atoms with Gasteiger partial charge >= 0.3 is 0 Å². The number of rotatable bonds is 22. The molecule has 5 aromatic carbocycles. The number of aliphatic imine (C=N–C) groups is 3. The number of allylic oxidation sites excluding steroid dienone is 12. The Bertz CT molecular complexity index is 3320. The van der Waals surface area contributed by atoms with Gasteiger partial charge in [-0.05, 0) is 103 Å². The lowest BCUT2D eigenvalue weighted by molar-refractivity contribution is -0.696. The molecule has 0 spiro atoms. The van der Waals surface area contributed by atoms with E-state index in [0.717, 1.165) is 88.7 Å². The molecule has 0 amide bonds. The molecule has 77 heavy (non-hydrogen) atoms. The average Bonchev–Trinajstić information content (AvgIpc) is 3.48. The van der Waals surface area contributed by atoms with E-state index >= 15 is 0 Å². The molecule has 0 N–H and O–H groups in total. The van der Waals surface area contributed by atoms with Gasteiger partial charge in [0.05, 0.1) is 0 Å². The molecule has 0 unspecified atom stereocenters. The lowest BCUT2D eigenvalue weighted by atomic mass is 9.98. The molecule has 0 atom stereocenters. The molecule has 0 bridgehead atoms. The van der Waals surface area contributed by atoms with Crippen LogP contribution in [0.2, 0.25) is 0 Å². The Morgan fingerprint density at radius 2 is 0.857 bits per heavy atom. The third kappa shape index (κ3) is 21.4. The number of aryl methyl sites for hydroxylation is 1. The predicted molar refractivity (Wildman–Crippen MR) is 331 cm³/mol. The van der Waals surface area contributed by atoms with E-state index in [0.29, 0.717) is 38.9 Å². The maximum absolute atomic E-state index is 4.78. The first-order chi connectivity index (χ1) is 38.1. The maximum Gasteiger partial charge on any atom is 0.176 e. The van der Waals surface area contributed by atoms with Crippen molar-refractivity contribution in [2.24, 2.45) is 15.0 Å². The van der Waals surface area contributed by atoms with Crippen molar-refractivity contribution in [2.75, 3.05) is 19.6 Å². The van der Waals surface area contributed by atoms with Crippen molar-refractivity contribution in [3.63, 3.8) is 0 Å². The minimum atomic E-state index is 0.676. The second kappa shape index (κ2) is 35.2. The number of nitrogens with zero attached hydrogens (tertiary/aromatic N) is 4. The highest BCUT2D eigenvalue weighted by Gasteiger charge is 2.08. The van der Waals surface area contributed by atoms with Crippen molar-refractivity contribution in [3.05, 3.63) is 252 Å². The van der Waals surface area contributed by atoms with Crippen molar-refractivity contribution in [2.45, 2.75) is 78.7 Å². The normalized spacial score (nSPS) is 12.0. The second-order valence-corrected chi connectivity index (χ2v) is 17.9. The Morgan fingerprint density at radius 1 is 0.442 bits per heavy atom. The monoisotopic (exact) mass is 1000 g/mol. The molecule has 0 radical (unpaired) electrons. The van der Waals surface area contributed by atoms with E-state index in [4.69, 9.17) is 9.98 Å². The molecule has 0 aliphatic rings. The van der Waals surface area contributed by atoms with Crippen LogP contribution in [0.5, 0.6) is 0 Å². The second-order valence-electron chi connectivity index (χ2n) is 17.9. The Hall–Kier alpha value is -9.06. The standard InChI is InChI=1S/C73H71N4/c1-4-7-35-71(64-39-19-10-20-40-64)59-75-52-30-14-26-46-68-58-70(48-28-16-32-55-77-56-34-50-73(61-77)66-43-23-12-24-44-66)69(47-27-15-31-53-76-60-72(36-8-5-2)65-41-21-11-22-42-65)57-67(68)45-25-13-29-51-74-54-33-49-62(6-3)63-37-17-9-18-38-63/h4-12,17-24,33-44,49-50,54,56-61H,13-16,29-32,51-53,55H2,1-3H3/q+1/b7-4-,8-5-,49-33-,62-6+,71-35+,72-36+,74-54?,75-59?,76-60?. The Labute approximate surface area is 461 Å². The van der Waals surface area contributed by atoms with Crippen LogP contribution in [0, 0.1) is 47.4 Å². The zero-order valence-corrected chi connectivity index (χ0v) is 45.2. The summed E-state index contributed by atoms with van der Waals surface area (Å²) in [5.74, 6) is 27.8. The summed E-state index contributed by atoms with van der Waals surface area (Å²) >= 11 is 0. The van der Waals surface area contributed by atoms with E-state index in [9.17, 15) is 0 Å². The summed E-state index contributed by atoms with van der Waals surface area (Å²) in [6, 6.07) is 50.1. The van der Waals surface area contributed by atoms with Gasteiger partial charge in [-0.1, -0.05) is 217 Å². The van der Waals surface area contributed by atoms with Gasteiger partial charge in [0.1, 0.15) is 6.54 Å². The van der Waals surface area contributed by atoms with E-state index in [-0.39, 0.29) is 0 Å². The van der Waals surface area contributed by atoms with E-state index in [1.807, 2.05) is 81.1 Å². The topological polar surface area (TPSA) is 41.0 Å². The van der Waals surface area contributed by atoms with Gasteiger partial charge in [-0.15, -0.1) is 0 Å². The molecule has 382 valence electrons. The van der Waals surface area contributed by atoms with Crippen LogP contribution in [0.3, 0.4) is 0 Å². The van der Waals surface area contributed by atoms with Crippen LogP contribution in [-0.4, -0.2) is 38.3 Å². The first-order valence-electron chi connectivity index (χ1n) is 27.0. The largest absolute Gasteiger partial charge is 0.293 e. The van der Waals surface area contributed by atoms with Crippen molar-refractivity contribution in [3.8, 4) is 58.5 Å². The lowest BCUT2D eigenvalue weighted by Crippen LogP contribution is -2.32. The van der Waals surface area contributed by atoms with Crippen molar-refractivity contribution < 1.29 is 4.57 Å². The van der Waals surface area contributed by atoms with Crippen molar-refractivity contribution >= 4 is 35.4 Å². The fourth-order valence-electron chi connectivity index (χ4n) is 7.92. The van der Waals surface area contributed by atoms with E-state index in [1.54, 1.807) is 0 Å². The summed E-state index contributed by atoms with van der Waals surface area (Å²) < 4.78 is 2.25. The van der Waals surface area contributed by atoms with Gasteiger partial charge in [0.25, 0.3) is 0 Å². The quantitative estimate of drug-likeness (QED) is 0.0214. The highest BCUT2D eigenvalue weighted by Crippen LogP contribution is 2.19. The van der Waals surface area contributed by atoms with Crippen LogP contribution < -0.4 is 4.57 Å². The third-order valence-corrected chi connectivity index (χ3v) is 12.0. The van der Waals surface area contributed by atoms with E-state index < -0.39 is 0 Å². The number of hydrogen-bond acceptors (Lipinski definition) is 3. The first kappa shape index (κ1) is 57.2. The zero-order valence-electron chi connectivity index (χ0n) is 45.2. The van der Waals surface area contributed by atoms with Crippen LogP contribution in [0.25, 0.3) is 27.8 Å². The van der Waals surface area contributed by atoms with Crippen LogP contribution in [0.15, 0.2) is 228 Å². The van der Waals surface area contributed by atoms with Gasteiger partial charge in [0, 0.05) is 104 Å². The molecule has 6 rings (SSSR count). The molecule has 4 nitrogen and oxygen atoms in total. The number of aromatic nitrogens is 1. The Balaban J connectivity index is 1.20. The molecule has 1 heterocycles. The smallest absolute Gasteiger partial charge is 0.176 e. The number of unbranched alkanes of at least 4 members (excludes halogenated alkanes) is 4. The van der Waals surface area contributed by atoms with Crippen LogP contribution in [0.4, 0.5) is 0 Å². The van der Waals surface area contributed by atoms with Crippen LogP contribution >= 0.6 is 0 Å². The number of pyridine rings is 1. The van der Waals surface area contributed by atoms with Crippen molar-refractivity contribution in [1.29, 1.82) is 0 Å². The molecular weight excluding hydrogens is 933 g/mol. The fraction of sp³-hybridized carbons (Fsp3) is 0.205. The maximum atomic E-state index is 4.78. The molecular formula is C73H71N4+. The number of benzene rings is 5. The van der Waals surface area contributed by atoms with Gasteiger partial charge in [-0.3, -0.25) is 15.0 Å². The van der Waals surface area contributed by atoms with Crippen LogP contribution in [-0.2, 0) is 6.54 Å². The fourth-order valence-corrected chi connectivity index (χ4v) is 7.92. The Morgan fingerprint density at radius 3 is 1.31 bits per heavy atom. The first-order valence-corrected chi connectivity index (χ1v) is 27.0. The summed E-state index contributed by atoms with van der Waals surface area (Å²) in [5, 5.41) is 0. The molecule has 0 aliphatic carbocycles. The summed E-state index contributed by atoms with van der Waals surface area (Å²) in [6.07, 6.45) is 35.0. The van der Waals surface area contributed by atoms with Crippen LogP contribution in [0.1, 0.15) is 111 Å². The lowest BCUT2D eigenvalue weighted by Gasteiger charge is -2.04. The highest BCUT2D eigenvalue weighted by atomic mass is 14.9. The summed E-state index contributed by atoms with van der Waals surface area (Å²) in [7, 11) is 0. The highest BCUT2D eigenvalue weighted by molar-refractivity contribution is 6.10. The minimum absolute atomic E-state index is 0.676. The van der Waals surface area contributed by atoms with Gasteiger partial charge in [-0.2, -0.15) is 0 Å². The zero-order chi connectivity index (χ0) is 53.6. The SMILES string of the molecule is C/C=C\C=C(/C=NCCCC#Cc1cc(C#CCCC[n+]2cccc(-c3ccccc3)c2)c(C#CCCCN=C/C(=C\C=C/C)c2ccccc2)cc1C#CCCCN=C/C=C\C(=C/C)c1ccccc1)c1ccccc1. The summed E-state index contributed by atoms with van der Waals surface area (Å²) in [6.45, 7) is 9.00. The predicted octanol–water partition coefficient (Wildman–Crippen LogP) is 16.1. The van der Waals surface area contributed by atoms with Gasteiger partial charge in [0.15, 0.2) is 12.4 Å². The Kier molecular flexibility index (Phi) is 26.2. The van der Waals surface area contributed by atoms with Gasteiger partial charge in [0.2, 0.25) is 0 Å². The molecule has 0 fully saturated rings.